The highest BCUT2D eigenvalue weighted by Crippen LogP contribution is 2.29. The van der Waals surface area contributed by atoms with E-state index in [1.165, 1.54) is 18.3 Å². The lowest BCUT2D eigenvalue weighted by molar-refractivity contribution is -0.113. The van der Waals surface area contributed by atoms with Gasteiger partial charge in [0.1, 0.15) is 5.65 Å². The van der Waals surface area contributed by atoms with Crippen LogP contribution in [-0.4, -0.2) is 26.6 Å². The minimum Gasteiger partial charge on any atom is -0.366 e. The summed E-state index contributed by atoms with van der Waals surface area (Å²) < 4.78 is 14.1. The molecule has 0 saturated heterocycles. The summed E-state index contributed by atoms with van der Waals surface area (Å²) in [5.74, 6) is -1.67. The Labute approximate surface area is 164 Å². The standard InChI is InChI=1S/C22H15FN4O2/c23-19-12-25-8-7-17(19)21(29)16-4-2-1-3-15(16)14-9-18-13(5-6-20(24)28)10-26-22(18)27-11-14/h1-12H,(H2,24,28)(H,26,27). The Kier molecular flexibility index (Phi) is 4.70. The predicted octanol–water partition coefficient (Wildman–Crippen LogP) is 3.49. The number of aromatic nitrogens is 3. The number of H-pyrrole nitrogens is 1. The zero-order valence-corrected chi connectivity index (χ0v) is 15.1. The first-order valence-electron chi connectivity index (χ1n) is 8.73. The van der Waals surface area contributed by atoms with Crippen molar-refractivity contribution in [2.45, 2.75) is 0 Å². The van der Waals surface area contributed by atoms with Gasteiger partial charge in [-0.2, -0.15) is 0 Å². The molecule has 0 spiro atoms. The second-order valence-corrected chi connectivity index (χ2v) is 6.33. The SMILES string of the molecule is NC(=O)C=Cc1c[nH]c2ncc(-c3ccccc3C(=O)c3ccncc3F)cc12. The molecule has 1 aromatic carbocycles. The number of aromatic amines is 1. The van der Waals surface area contributed by atoms with Crippen LogP contribution < -0.4 is 5.73 Å². The predicted molar refractivity (Wildman–Crippen MR) is 107 cm³/mol. The number of fused-ring (bicyclic) bond motifs is 1. The van der Waals surface area contributed by atoms with Gasteiger partial charge in [0, 0.05) is 46.7 Å². The molecule has 0 aliphatic rings. The molecule has 3 aromatic heterocycles. The van der Waals surface area contributed by atoms with E-state index in [1.807, 2.05) is 6.07 Å². The third-order valence-corrected chi connectivity index (χ3v) is 4.49. The van der Waals surface area contributed by atoms with E-state index in [-0.39, 0.29) is 5.56 Å². The number of carbonyl (C=O) groups is 2. The van der Waals surface area contributed by atoms with Gasteiger partial charge in [0.25, 0.3) is 0 Å². The van der Waals surface area contributed by atoms with Gasteiger partial charge in [-0.3, -0.25) is 14.6 Å². The van der Waals surface area contributed by atoms with Gasteiger partial charge in [-0.25, -0.2) is 9.37 Å². The van der Waals surface area contributed by atoms with Crippen LogP contribution in [0.3, 0.4) is 0 Å². The van der Waals surface area contributed by atoms with Crippen molar-refractivity contribution in [1.29, 1.82) is 0 Å². The Hall–Kier alpha value is -4.13. The smallest absolute Gasteiger partial charge is 0.241 e. The van der Waals surface area contributed by atoms with Crippen LogP contribution in [0.2, 0.25) is 0 Å². The summed E-state index contributed by atoms with van der Waals surface area (Å²) in [7, 11) is 0. The van der Waals surface area contributed by atoms with Gasteiger partial charge < -0.3 is 10.7 Å². The van der Waals surface area contributed by atoms with E-state index >= 15 is 0 Å². The average Bonchev–Trinajstić information content (AvgIpc) is 3.14. The fourth-order valence-electron chi connectivity index (χ4n) is 3.12. The third-order valence-electron chi connectivity index (χ3n) is 4.49. The summed E-state index contributed by atoms with van der Waals surface area (Å²) in [6, 6.07) is 10.2. The van der Waals surface area contributed by atoms with Gasteiger partial charge in [0.05, 0.1) is 11.8 Å². The van der Waals surface area contributed by atoms with Gasteiger partial charge in [0.2, 0.25) is 5.91 Å². The average molecular weight is 386 g/mol. The van der Waals surface area contributed by atoms with Gasteiger partial charge in [-0.05, 0) is 23.8 Å². The van der Waals surface area contributed by atoms with Crippen LogP contribution in [0, 0.1) is 5.82 Å². The van der Waals surface area contributed by atoms with Gasteiger partial charge in [0.15, 0.2) is 11.6 Å². The van der Waals surface area contributed by atoms with Crippen LogP contribution in [0.4, 0.5) is 4.39 Å². The molecule has 4 rings (SSSR count). The number of primary amides is 1. The highest BCUT2D eigenvalue weighted by Gasteiger charge is 2.18. The van der Waals surface area contributed by atoms with E-state index in [9.17, 15) is 14.0 Å². The largest absolute Gasteiger partial charge is 0.366 e. The van der Waals surface area contributed by atoms with E-state index in [0.717, 1.165) is 17.1 Å². The van der Waals surface area contributed by atoms with E-state index < -0.39 is 17.5 Å². The van der Waals surface area contributed by atoms with Crippen LogP contribution in [0.5, 0.6) is 0 Å². The normalized spacial score (nSPS) is 11.2. The Morgan fingerprint density at radius 1 is 1.10 bits per heavy atom. The molecule has 0 atom stereocenters. The maximum Gasteiger partial charge on any atom is 0.241 e. The second kappa shape index (κ2) is 7.47. The molecular weight excluding hydrogens is 371 g/mol. The molecule has 0 unspecified atom stereocenters. The third kappa shape index (κ3) is 3.53. The molecule has 0 aliphatic carbocycles. The van der Waals surface area contributed by atoms with Gasteiger partial charge >= 0.3 is 0 Å². The summed E-state index contributed by atoms with van der Waals surface area (Å²) >= 11 is 0. The van der Waals surface area contributed by atoms with Crippen LogP contribution in [0.15, 0.2) is 67.3 Å². The highest BCUT2D eigenvalue weighted by atomic mass is 19.1. The number of hydrogen-bond donors (Lipinski definition) is 2. The lowest BCUT2D eigenvalue weighted by atomic mass is 9.94. The van der Waals surface area contributed by atoms with Crippen molar-refractivity contribution in [3.05, 3.63) is 89.8 Å². The number of amides is 1. The number of nitrogens with one attached hydrogen (secondary N) is 1. The molecule has 0 radical (unpaired) electrons. The summed E-state index contributed by atoms with van der Waals surface area (Å²) in [4.78, 5) is 35.1. The molecule has 4 aromatic rings. The number of carbonyl (C=O) groups excluding carboxylic acids is 2. The summed E-state index contributed by atoms with van der Waals surface area (Å²) in [5, 5.41) is 0.761. The highest BCUT2D eigenvalue weighted by molar-refractivity contribution is 6.13. The van der Waals surface area contributed by atoms with E-state index in [4.69, 9.17) is 5.73 Å². The number of nitrogens with zero attached hydrogens (tertiary/aromatic N) is 2. The monoisotopic (exact) mass is 386 g/mol. The number of benzene rings is 1. The molecule has 3 N–H and O–H groups in total. The molecule has 1 amide bonds. The van der Waals surface area contributed by atoms with Gasteiger partial charge in [-0.15, -0.1) is 0 Å². The second-order valence-electron chi connectivity index (χ2n) is 6.33. The molecule has 6 nitrogen and oxygen atoms in total. The van der Waals surface area contributed by atoms with E-state index in [1.54, 1.807) is 42.7 Å². The van der Waals surface area contributed by atoms with Crippen LogP contribution >= 0.6 is 0 Å². The minimum absolute atomic E-state index is 0.0480. The number of halogens is 1. The number of hydrogen-bond acceptors (Lipinski definition) is 4. The maximum atomic E-state index is 14.1. The van der Waals surface area contributed by atoms with Crippen LogP contribution in [0.25, 0.3) is 28.2 Å². The van der Waals surface area contributed by atoms with Crippen molar-refractivity contribution >= 4 is 28.8 Å². The lowest BCUT2D eigenvalue weighted by Gasteiger charge is -2.09. The summed E-state index contributed by atoms with van der Waals surface area (Å²) in [6.07, 6.45) is 8.60. The van der Waals surface area contributed by atoms with Crippen molar-refractivity contribution in [2.24, 2.45) is 5.73 Å². The fourth-order valence-corrected chi connectivity index (χ4v) is 3.12. The first kappa shape index (κ1) is 18.2. The zero-order chi connectivity index (χ0) is 20.4. The molecule has 3 heterocycles. The molecule has 29 heavy (non-hydrogen) atoms. The Balaban J connectivity index is 1.83. The van der Waals surface area contributed by atoms with Crippen molar-refractivity contribution in [3.8, 4) is 11.1 Å². The summed E-state index contributed by atoms with van der Waals surface area (Å²) in [6.45, 7) is 0. The molecule has 142 valence electrons. The molecule has 0 aliphatic heterocycles. The van der Waals surface area contributed by atoms with Gasteiger partial charge in [-0.1, -0.05) is 24.3 Å². The molecule has 0 fully saturated rings. The Morgan fingerprint density at radius 2 is 1.93 bits per heavy atom. The first-order chi connectivity index (χ1) is 14.0. The minimum atomic E-state index is -0.676. The van der Waals surface area contributed by atoms with E-state index in [2.05, 4.69) is 15.0 Å². The summed E-state index contributed by atoms with van der Waals surface area (Å²) in [5.41, 5.74) is 8.14. The number of rotatable bonds is 5. The number of pyridine rings is 2. The molecule has 0 saturated carbocycles. The van der Waals surface area contributed by atoms with Crippen LogP contribution in [0.1, 0.15) is 21.5 Å². The molecule has 0 bridgehead atoms. The van der Waals surface area contributed by atoms with Crippen LogP contribution in [-0.2, 0) is 4.79 Å². The topological polar surface area (TPSA) is 102 Å². The Morgan fingerprint density at radius 3 is 2.72 bits per heavy atom. The Bertz CT molecular complexity index is 1280. The number of nitrogens with two attached hydrogens (primary N) is 1. The van der Waals surface area contributed by atoms with Crippen molar-refractivity contribution in [1.82, 2.24) is 15.0 Å². The fraction of sp³-hybridized carbons (Fsp3) is 0. The van der Waals surface area contributed by atoms with Crippen molar-refractivity contribution in [2.75, 3.05) is 0 Å². The molecular formula is C22H15FN4O2. The molecule has 7 heteroatoms. The first-order valence-corrected chi connectivity index (χ1v) is 8.73. The zero-order valence-electron chi connectivity index (χ0n) is 15.1. The lowest BCUT2D eigenvalue weighted by Crippen LogP contribution is -2.06. The number of ketones is 1. The van der Waals surface area contributed by atoms with E-state index in [0.29, 0.717) is 22.3 Å². The quantitative estimate of drug-likeness (QED) is 0.405. The maximum absolute atomic E-state index is 14.1. The van der Waals surface area contributed by atoms with Crippen molar-refractivity contribution in [3.63, 3.8) is 0 Å². The van der Waals surface area contributed by atoms with Crippen molar-refractivity contribution < 1.29 is 14.0 Å².